The van der Waals surface area contributed by atoms with Gasteiger partial charge in [0.15, 0.2) is 6.61 Å². The summed E-state index contributed by atoms with van der Waals surface area (Å²) < 4.78 is 10.7. The van der Waals surface area contributed by atoms with Crippen molar-refractivity contribution in [1.82, 2.24) is 10.6 Å². The third kappa shape index (κ3) is 10.1. The van der Waals surface area contributed by atoms with E-state index in [0.29, 0.717) is 11.4 Å². The number of aryl methyl sites for hydroxylation is 1. The van der Waals surface area contributed by atoms with E-state index in [-0.39, 0.29) is 31.5 Å². The minimum atomic E-state index is -0.662. The molecule has 0 bridgehead atoms. The fourth-order valence-corrected chi connectivity index (χ4v) is 2.90. The standard InChI is InChI=1S/C25H33N3O5/c1-5-8-18-11-13-20(14-12-18)32-17-23(30)28-21-10-7-6-9-19(21)15-26-22(29)16-27-24(31)33-25(2,3)4/h6-7,9-14H,5,8,15-17H2,1-4H3,(H,26,29)(H,27,31)(H,28,30). The second-order valence-electron chi connectivity index (χ2n) is 8.52. The zero-order valence-corrected chi connectivity index (χ0v) is 19.7. The van der Waals surface area contributed by atoms with Crippen LogP contribution in [0.15, 0.2) is 48.5 Å². The molecule has 178 valence electrons. The van der Waals surface area contributed by atoms with Crippen LogP contribution in [0.1, 0.15) is 45.2 Å². The van der Waals surface area contributed by atoms with Crippen molar-refractivity contribution in [2.24, 2.45) is 0 Å². The van der Waals surface area contributed by atoms with Crippen molar-refractivity contribution in [1.29, 1.82) is 0 Å². The molecule has 0 radical (unpaired) electrons. The first-order valence-corrected chi connectivity index (χ1v) is 11.0. The molecule has 0 saturated carbocycles. The van der Waals surface area contributed by atoms with Crippen LogP contribution in [0.4, 0.5) is 10.5 Å². The van der Waals surface area contributed by atoms with Crippen molar-refractivity contribution in [3.63, 3.8) is 0 Å². The van der Waals surface area contributed by atoms with E-state index < -0.39 is 11.7 Å². The molecule has 33 heavy (non-hydrogen) atoms. The molecule has 0 aliphatic heterocycles. The summed E-state index contributed by atoms with van der Waals surface area (Å²) in [7, 11) is 0. The number of benzene rings is 2. The van der Waals surface area contributed by atoms with E-state index in [9.17, 15) is 14.4 Å². The van der Waals surface area contributed by atoms with Gasteiger partial charge >= 0.3 is 6.09 Å². The molecule has 0 aliphatic rings. The van der Waals surface area contributed by atoms with Crippen LogP contribution in [0.3, 0.4) is 0 Å². The fourth-order valence-electron chi connectivity index (χ4n) is 2.90. The number of ether oxygens (including phenoxy) is 2. The lowest BCUT2D eigenvalue weighted by molar-refractivity contribution is -0.120. The van der Waals surface area contributed by atoms with Gasteiger partial charge in [0.25, 0.3) is 5.91 Å². The van der Waals surface area contributed by atoms with Gasteiger partial charge in [-0.2, -0.15) is 0 Å². The van der Waals surface area contributed by atoms with Crippen molar-refractivity contribution < 1.29 is 23.9 Å². The molecule has 3 amide bonds. The zero-order valence-electron chi connectivity index (χ0n) is 19.7. The summed E-state index contributed by atoms with van der Waals surface area (Å²) >= 11 is 0. The van der Waals surface area contributed by atoms with E-state index in [1.165, 1.54) is 5.56 Å². The van der Waals surface area contributed by atoms with Crippen LogP contribution in [0.2, 0.25) is 0 Å². The van der Waals surface area contributed by atoms with E-state index in [1.54, 1.807) is 39.0 Å². The van der Waals surface area contributed by atoms with Gasteiger partial charge in [-0.05, 0) is 56.5 Å². The normalized spacial score (nSPS) is 10.8. The van der Waals surface area contributed by atoms with E-state index in [4.69, 9.17) is 9.47 Å². The minimum Gasteiger partial charge on any atom is -0.484 e. The Morgan fingerprint density at radius 2 is 1.61 bits per heavy atom. The monoisotopic (exact) mass is 455 g/mol. The SMILES string of the molecule is CCCc1ccc(OCC(=O)Nc2ccccc2CNC(=O)CNC(=O)OC(C)(C)C)cc1. The summed E-state index contributed by atoms with van der Waals surface area (Å²) in [5, 5.41) is 7.92. The summed E-state index contributed by atoms with van der Waals surface area (Å²) in [5.74, 6) is -0.0575. The summed E-state index contributed by atoms with van der Waals surface area (Å²) in [6, 6.07) is 14.8. The van der Waals surface area contributed by atoms with Gasteiger partial charge in [0, 0.05) is 12.2 Å². The molecule has 2 aromatic rings. The molecular weight excluding hydrogens is 422 g/mol. The number of carbonyl (C=O) groups is 3. The number of rotatable bonds is 10. The van der Waals surface area contributed by atoms with Crippen LogP contribution < -0.4 is 20.7 Å². The van der Waals surface area contributed by atoms with E-state index in [1.807, 2.05) is 30.3 Å². The largest absolute Gasteiger partial charge is 0.484 e. The van der Waals surface area contributed by atoms with Gasteiger partial charge in [-0.1, -0.05) is 43.7 Å². The Labute approximate surface area is 195 Å². The molecule has 8 nitrogen and oxygen atoms in total. The molecule has 3 N–H and O–H groups in total. The molecule has 0 aliphatic carbocycles. The molecule has 0 atom stereocenters. The smallest absolute Gasteiger partial charge is 0.408 e. The topological polar surface area (TPSA) is 106 Å². The first kappa shape index (κ1) is 25.7. The van der Waals surface area contributed by atoms with E-state index in [2.05, 4.69) is 22.9 Å². The van der Waals surface area contributed by atoms with Crippen LogP contribution >= 0.6 is 0 Å². The van der Waals surface area contributed by atoms with Crippen LogP contribution in [0, 0.1) is 0 Å². The molecule has 2 aromatic carbocycles. The second-order valence-corrected chi connectivity index (χ2v) is 8.52. The zero-order chi connectivity index (χ0) is 24.3. The molecule has 8 heteroatoms. The maximum absolute atomic E-state index is 12.4. The van der Waals surface area contributed by atoms with Crippen LogP contribution in [-0.4, -0.2) is 36.7 Å². The Balaban J connectivity index is 1.81. The number of para-hydroxylation sites is 1. The maximum atomic E-state index is 12.4. The van der Waals surface area contributed by atoms with Gasteiger partial charge in [0.2, 0.25) is 5.91 Å². The Morgan fingerprint density at radius 1 is 0.909 bits per heavy atom. The number of hydrogen-bond acceptors (Lipinski definition) is 5. The number of nitrogens with one attached hydrogen (secondary N) is 3. The lowest BCUT2D eigenvalue weighted by atomic mass is 10.1. The molecule has 0 spiro atoms. The number of amides is 3. The predicted molar refractivity (Wildman–Crippen MR) is 127 cm³/mol. The van der Waals surface area contributed by atoms with Crippen LogP contribution in [0.25, 0.3) is 0 Å². The quantitative estimate of drug-likeness (QED) is 0.505. The number of anilines is 1. The third-order valence-electron chi connectivity index (χ3n) is 4.39. The average molecular weight is 456 g/mol. The van der Waals surface area contributed by atoms with Crippen molar-refractivity contribution in [2.75, 3.05) is 18.5 Å². The van der Waals surface area contributed by atoms with Crippen molar-refractivity contribution in [3.8, 4) is 5.75 Å². The lowest BCUT2D eigenvalue weighted by Gasteiger charge is -2.19. The van der Waals surface area contributed by atoms with Gasteiger partial charge in [-0.3, -0.25) is 9.59 Å². The van der Waals surface area contributed by atoms with Gasteiger partial charge in [0.05, 0.1) is 0 Å². The Bertz CT molecular complexity index is 936. The number of hydrogen-bond donors (Lipinski definition) is 3. The van der Waals surface area contributed by atoms with Crippen molar-refractivity contribution >= 4 is 23.6 Å². The van der Waals surface area contributed by atoms with Gasteiger partial charge in [-0.15, -0.1) is 0 Å². The third-order valence-corrected chi connectivity index (χ3v) is 4.39. The Kier molecular flexibility index (Phi) is 9.72. The molecule has 0 heterocycles. The molecular formula is C25H33N3O5. The molecule has 0 aromatic heterocycles. The highest BCUT2D eigenvalue weighted by Crippen LogP contribution is 2.16. The molecule has 0 unspecified atom stereocenters. The van der Waals surface area contributed by atoms with Crippen LogP contribution in [0.5, 0.6) is 5.75 Å². The summed E-state index contributed by atoms with van der Waals surface area (Å²) in [6.45, 7) is 7.19. The second kappa shape index (κ2) is 12.5. The fraction of sp³-hybridized carbons (Fsp3) is 0.400. The summed E-state index contributed by atoms with van der Waals surface area (Å²) in [5.41, 5.74) is 1.89. The molecule has 0 fully saturated rings. The number of carbonyl (C=O) groups excluding carboxylic acids is 3. The Hall–Kier alpha value is -3.55. The lowest BCUT2D eigenvalue weighted by Crippen LogP contribution is -2.39. The van der Waals surface area contributed by atoms with E-state index >= 15 is 0 Å². The highest BCUT2D eigenvalue weighted by atomic mass is 16.6. The summed E-state index contributed by atoms with van der Waals surface area (Å²) in [6.07, 6.45) is 1.42. The highest BCUT2D eigenvalue weighted by molar-refractivity contribution is 5.92. The van der Waals surface area contributed by atoms with E-state index in [0.717, 1.165) is 18.4 Å². The predicted octanol–water partition coefficient (Wildman–Crippen LogP) is 3.80. The molecule has 2 rings (SSSR count). The van der Waals surface area contributed by atoms with Crippen molar-refractivity contribution in [3.05, 3.63) is 59.7 Å². The van der Waals surface area contributed by atoms with Gasteiger partial charge < -0.3 is 25.4 Å². The van der Waals surface area contributed by atoms with Gasteiger partial charge in [0.1, 0.15) is 17.9 Å². The Morgan fingerprint density at radius 3 is 2.27 bits per heavy atom. The van der Waals surface area contributed by atoms with Gasteiger partial charge in [-0.25, -0.2) is 4.79 Å². The number of alkyl carbamates (subject to hydrolysis) is 1. The first-order valence-electron chi connectivity index (χ1n) is 11.0. The summed E-state index contributed by atoms with van der Waals surface area (Å²) in [4.78, 5) is 36.1. The highest BCUT2D eigenvalue weighted by Gasteiger charge is 2.16. The maximum Gasteiger partial charge on any atom is 0.408 e. The minimum absolute atomic E-state index is 0.131. The van der Waals surface area contributed by atoms with Crippen LogP contribution in [-0.2, 0) is 27.3 Å². The molecule has 0 saturated heterocycles. The van der Waals surface area contributed by atoms with Crippen molar-refractivity contribution in [2.45, 2.75) is 52.7 Å². The first-order chi connectivity index (χ1) is 15.7. The average Bonchev–Trinajstić information content (AvgIpc) is 2.76.